The number of benzene rings is 2. The van der Waals surface area contributed by atoms with E-state index in [2.05, 4.69) is 31.2 Å². The molecule has 1 atom stereocenters. The van der Waals surface area contributed by atoms with E-state index in [4.69, 9.17) is 16.3 Å². The summed E-state index contributed by atoms with van der Waals surface area (Å²) in [4.78, 5) is 14.9. The molecule has 3 nitrogen and oxygen atoms in total. The van der Waals surface area contributed by atoms with E-state index in [9.17, 15) is 4.79 Å². The Morgan fingerprint density at radius 3 is 2.80 bits per heavy atom. The van der Waals surface area contributed by atoms with Gasteiger partial charge in [-0.1, -0.05) is 35.9 Å². The third kappa shape index (κ3) is 4.13. The number of carbonyl (C=O) groups is 1. The molecule has 1 aliphatic heterocycles. The van der Waals surface area contributed by atoms with Gasteiger partial charge in [0.1, 0.15) is 5.75 Å². The smallest absolute Gasteiger partial charge is 0.257 e. The average Bonchev–Trinajstić information content (AvgIpc) is 2.87. The van der Waals surface area contributed by atoms with Crippen molar-refractivity contribution in [1.82, 2.24) is 4.90 Å². The minimum absolute atomic E-state index is 0.00890. The SMILES string of the molecule is COc1ccc(Cl)cc1C(=O)N1CCSC(c2ccccc2C)CC1. The first-order chi connectivity index (χ1) is 12.1. The molecular weight excluding hydrogens is 354 g/mol. The monoisotopic (exact) mass is 375 g/mol. The van der Waals surface area contributed by atoms with Crippen molar-refractivity contribution in [1.29, 1.82) is 0 Å². The molecule has 1 fully saturated rings. The highest BCUT2D eigenvalue weighted by molar-refractivity contribution is 7.99. The summed E-state index contributed by atoms with van der Waals surface area (Å²) in [6, 6.07) is 13.7. The fourth-order valence-corrected chi connectivity index (χ4v) is 4.69. The number of halogens is 1. The van der Waals surface area contributed by atoms with Crippen LogP contribution in [0.25, 0.3) is 0 Å². The first-order valence-electron chi connectivity index (χ1n) is 8.40. The number of amides is 1. The minimum Gasteiger partial charge on any atom is -0.496 e. The van der Waals surface area contributed by atoms with Crippen LogP contribution in [0.1, 0.15) is 33.2 Å². The summed E-state index contributed by atoms with van der Waals surface area (Å²) >= 11 is 8.01. The maximum Gasteiger partial charge on any atom is 0.257 e. The van der Waals surface area contributed by atoms with Gasteiger partial charge >= 0.3 is 0 Å². The van der Waals surface area contributed by atoms with Crippen LogP contribution in [0.4, 0.5) is 0 Å². The molecule has 1 unspecified atom stereocenters. The van der Waals surface area contributed by atoms with E-state index >= 15 is 0 Å². The molecule has 5 heteroatoms. The van der Waals surface area contributed by atoms with Crippen LogP contribution in [-0.2, 0) is 0 Å². The molecular formula is C20H22ClNO2S. The lowest BCUT2D eigenvalue weighted by atomic mass is 10.0. The Bertz CT molecular complexity index is 765. The van der Waals surface area contributed by atoms with Gasteiger partial charge in [-0.15, -0.1) is 0 Å². The number of aryl methyl sites for hydroxylation is 1. The lowest BCUT2D eigenvalue weighted by molar-refractivity contribution is 0.0763. The van der Waals surface area contributed by atoms with Gasteiger partial charge < -0.3 is 9.64 Å². The van der Waals surface area contributed by atoms with Gasteiger partial charge in [0.05, 0.1) is 12.7 Å². The molecule has 2 aromatic rings. The molecule has 0 aromatic heterocycles. The van der Waals surface area contributed by atoms with Crippen molar-refractivity contribution in [3.8, 4) is 5.75 Å². The molecule has 0 spiro atoms. The molecule has 1 heterocycles. The van der Waals surface area contributed by atoms with Crippen LogP contribution in [0.5, 0.6) is 5.75 Å². The van der Waals surface area contributed by atoms with E-state index < -0.39 is 0 Å². The zero-order valence-corrected chi connectivity index (χ0v) is 16.1. The van der Waals surface area contributed by atoms with Crippen LogP contribution < -0.4 is 4.74 Å². The van der Waals surface area contributed by atoms with Gasteiger partial charge in [-0.3, -0.25) is 4.79 Å². The predicted molar refractivity (Wildman–Crippen MR) is 105 cm³/mol. The molecule has 25 heavy (non-hydrogen) atoms. The van der Waals surface area contributed by atoms with E-state index in [1.165, 1.54) is 11.1 Å². The second kappa shape index (κ2) is 8.15. The molecule has 0 aliphatic carbocycles. The quantitative estimate of drug-likeness (QED) is 0.757. The summed E-state index contributed by atoms with van der Waals surface area (Å²) < 4.78 is 5.34. The third-order valence-corrected chi connectivity index (χ3v) is 6.10. The first kappa shape index (κ1) is 18.2. The molecule has 0 radical (unpaired) electrons. The summed E-state index contributed by atoms with van der Waals surface area (Å²) in [7, 11) is 1.58. The highest BCUT2D eigenvalue weighted by Crippen LogP contribution is 2.36. The molecule has 1 aliphatic rings. The average molecular weight is 376 g/mol. The summed E-state index contributed by atoms with van der Waals surface area (Å²) in [5, 5.41) is 0.978. The summed E-state index contributed by atoms with van der Waals surface area (Å²) in [5.41, 5.74) is 3.23. The van der Waals surface area contributed by atoms with Gasteiger partial charge in [-0.2, -0.15) is 11.8 Å². The van der Waals surface area contributed by atoms with Gasteiger partial charge in [0, 0.05) is 29.1 Å². The van der Waals surface area contributed by atoms with E-state index in [0.717, 1.165) is 25.3 Å². The number of hydrogen-bond acceptors (Lipinski definition) is 3. The van der Waals surface area contributed by atoms with Crippen LogP contribution >= 0.6 is 23.4 Å². The second-order valence-corrected chi connectivity index (χ2v) is 7.89. The van der Waals surface area contributed by atoms with Gasteiger partial charge in [0.25, 0.3) is 5.91 Å². The Balaban J connectivity index is 1.76. The standard InChI is InChI=1S/C20H22ClNO2S/c1-14-5-3-4-6-16(14)19-9-10-22(11-12-25-19)20(23)17-13-15(21)7-8-18(17)24-2/h3-8,13,19H,9-12H2,1-2H3. The van der Waals surface area contributed by atoms with E-state index in [1.807, 2.05) is 16.7 Å². The maximum absolute atomic E-state index is 13.0. The van der Waals surface area contributed by atoms with Crippen molar-refractivity contribution < 1.29 is 9.53 Å². The fourth-order valence-electron chi connectivity index (χ4n) is 3.19. The van der Waals surface area contributed by atoms with Crippen molar-refractivity contribution in [3.05, 3.63) is 64.2 Å². The Labute approximate surface area is 158 Å². The number of nitrogens with zero attached hydrogens (tertiary/aromatic N) is 1. The van der Waals surface area contributed by atoms with Gasteiger partial charge in [0.2, 0.25) is 0 Å². The van der Waals surface area contributed by atoms with Crippen molar-refractivity contribution in [2.45, 2.75) is 18.6 Å². The van der Waals surface area contributed by atoms with E-state index in [0.29, 0.717) is 21.6 Å². The molecule has 2 aromatic carbocycles. The number of thioether (sulfide) groups is 1. The maximum atomic E-state index is 13.0. The highest BCUT2D eigenvalue weighted by atomic mass is 35.5. The van der Waals surface area contributed by atoms with Gasteiger partial charge in [-0.25, -0.2) is 0 Å². The number of ether oxygens (including phenoxy) is 1. The summed E-state index contributed by atoms with van der Waals surface area (Å²) in [5.74, 6) is 1.49. The Kier molecular flexibility index (Phi) is 5.92. The fraction of sp³-hybridized carbons (Fsp3) is 0.350. The topological polar surface area (TPSA) is 29.5 Å². The lowest BCUT2D eigenvalue weighted by Gasteiger charge is -2.22. The third-order valence-electron chi connectivity index (χ3n) is 4.56. The zero-order valence-electron chi connectivity index (χ0n) is 14.5. The highest BCUT2D eigenvalue weighted by Gasteiger charge is 2.25. The Hall–Kier alpha value is -1.65. The van der Waals surface area contributed by atoms with Crippen LogP contribution in [0, 0.1) is 6.92 Å². The normalized spacial score (nSPS) is 17.9. The first-order valence-corrected chi connectivity index (χ1v) is 9.82. The second-order valence-electron chi connectivity index (χ2n) is 6.14. The van der Waals surface area contributed by atoms with Crippen molar-refractivity contribution in [2.75, 3.05) is 26.0 Å². The molecule has 3 rings (SSSR count). The molecule has 0 N–H and O–H groups in total. The minimum atomic E-state index is -0.00890. The summed E-state index contributed by atoms with van der Waals surface area (Å²) in [6.45, 7) is 3.63. The largest absolute Gasteiger partial charge is 0.496 e. The number of carbonyl (C=O) groups excluding carboxylic acids is 1. The number of rotatable bonds is 3. The van der Waals surface area contributed by atoms with Crippen molar-refractivity contribution in [2.24, 2.45) is 0 Å². The van der Waals surface area contributed by atoms with Gasteiger partial charge in [0.15, 0.2) is 0 Å². The Morgan fingerprint density at radius 2 is 2.04 bits per heavy atom. The van der Waals surface area contributed by atoms with Crippen LogP contribution in [0.2, 0.25) is 5.02 Å². The predicted octanol–water partition coefficient (Wildman–Crippen LogP) is 4.98. The summed E-state index contributed by atoms with van der Waals surface area (Å²) in [6.07, 6.45) is 0.949. The molecule has 0 bridgehead atoms. The van der Waals surface area contributed by atoms with Crippen molar-refractivity contribution >= 4 is 29.3 Å². The van der Waals surface area contributed by atoms with Crippen LogP contribution in [0.3, 0.4) is 0 Å². The van der Waals surface area contributed by atoms with Crippen molar-refractivity contribution in [3.63, 3.8) is 0 Å². The van der Waals surface area contributed by atoms with Crippen LogP contribution in [0.15, 0.2) is 42.5 Å². The van der Waals surface area contributed by atoms with Crippen LogP contribution in [-0.4, -0.2) is 36.8 Å². The lowest BCUT2D eigenvalue weighted by Crippen LogP contribution is -2.33. The Morgan fingerprint density at radius 1 is 1.24 bits per heavy atom. The molecule has 132 valence electrons. The molecule has 1 saturated heterocycles. The van der Waals surface area contributed by atoms with Gasteiger partial charge in [-0.05, 0) is 42.7 Å². The zero-order chi connectivity index (χ0) is 17.8. The molecule has 1 amide bonds. The molecule has 0 saturated carbocycles. The number of methoxy groups -OCH3 is 1. The van der Waals surface area contributed by atoms with E-state index in [-0.39, 0.29) is 5.91 Å². The van der Waals surface area contributed by atoms with E-state index in [1.54, 1.807) is 25.3 Å². The number of hydrogen-bond donors (Lipinski definition) is 0.